The summed E-state index contributed by atoms with van der Waals surface area (Å²) in [6.07, 6.45) is 0. The van der Waals surface area contributed by atoms with Crippen LogP contribution >= 0.6 is 15.9 Å². The van der Waals surface area contributed by atoms with E-state index in [1.165, 1.54) is 15.9 Å². The summed E-state index contributed by atoms with van der Waals surface area (Å²) in [7, 11) is -2.38. The van der Waals surface area contributed by atoms with Crippen LogP contribution in [-0.4, -0.2) is 29.3 Å². The van der Waals surface area contributed by atoms with E-state index in [0.717, 1.165) is 21.2 Å². The van der Waals surface area contributed by atoms with Gasteiger partial charge in [-0.05, 0) is 67.4 Å². The number of sulfonamides is 1. The lowest BCUT2D eigenvalue weighted by Crippen LogP contribution is -2.35. The predicted octanol–water partition coefficient (Wildman–Crippen LogP) is 6.51. The first kappa shape index (κ1) is 26.0. The van der Waals surface area contributed by atoms with Crippen molar-refractivity contribution in [2.75, 3.05) is 7.05 Å². The number of hydrogen-bond acceptors (Lipinski definition) is 4. The van der Waals surface area contributed by atoms with Gasteiger partial charge in [0.25, 0.3) is 5.56 Å². The Bertz CT molecular complexity index is 1780. The van der Waals surface area contributed by atoms with Gasteiger partial charge in [0.05, 0.1) is 27.5 Å². The second kappa shape index (κ2) is 10.3. The van der Waals surface area contributed by atoms with E-state index < -0.39 is 16.1 Å². The Kier molecular flexibility index (Phi) is 7.05. The highest BCUT2D eigenvalue weighted by Crippen LogP contribution is 2.29. The fourth-order valence-corrected chi connectivity index (χ4v) is 6.07. The monoisotopic (exact) mass is 587 g/mol. The molecule has 8 heteroatoms. The van der Waals surface area contributed by atoms with Crippen LogP contribution in [-0.2, 0) is 10.0 Å². The Morgan fingerprint density at radius 1 is 0.868 bits per heavy atom. The highest BCUT2D eigenvalue weighted by molar-refractivity contribution is 9.10. The summed E-state index contributed by atoms with van der Waals surface area (Å²) in [5.74, 6) is 0.334. The number of rotatable bonds is 6. The molecule has 192 valence electrons. The van der Waals surface area contributed by atoms with Crippen molar-refractivity contribution in [3.63, 3.8) is 0 Å². The van der Waals surface area contributed by atoms with Gasteiger partial charge in [0.1, 0.15) is 5.82 Å². The van der Waals surface area contributed by atoms with Crippen molar-refractivity contribution >= 4 is 36.9 Å². The number of fused-ring (bicyclic) bond motifs is 1. The van der Waals surface area contributed by atoms with Gasteiger partial charge in [-0.1, -0.05) is 76.1 Å². The molecule has 0 fully saturated rings. The summed E-state index contributed by atoms with van der Waals surface area (Å²) in [6, 6.07) is 28.7. The van der Waals surface area contributed by atoms with Gasteiger partial charge in [-0.3, -0.25) is 9.36 Å². The summed E-state index contributed by atoms with van der Waals surface area (Å²) < 4.78 is 30.9. The van der Waals surface area contributed by atoms with Gasteiger partial charge >= 0.3 is 0 Å². The maximum atomic E-state index is 13.7. The molecule has 1 atom stereocenters. The Balaban J connectivity index is 1.59. The fraction of sp³-hybridized carbons (Fsp3) is 0.133. The van der Waals surface area contributed by atoms with Crippen LogP contribution in [0, 0.1) is 6.92 Å². The molecule has 38 heavy (non-hydrogen) atoms. The van der Waals surface area contributed by atoms with Crippen molar-refractivity contribution in [2.45, 2.75) is 24.8 Å². The Labute approximate surface area is 230 Å². The minimum absolute atomic E-state index is 0.167. The largest absolute Gasteiger partial charge is 0.268 e. The molecule has 0 aliphatic rings. The molecule has 0 saturated carbocycles. The molecular formula is C30H26BrN3O3S. The first-order valence-corrected chi connectivity index (χ1v) is 14.3. The van der Waals surface area contributed by atoms with E-state index in [4.69, 9.17) is 4.98 Å². The molecule has 4 aromatic carbocycles. The highest BCUT2D eigenvalue weighted by Gasteiger charge is 2.30. The molecule has 1 heterocycles. The second-order valence-corrected chi connectivity index (χ2v) is 12.1. The SMILES string of the molecule is Cc1ccc(-n2c(C(C)N(C)S(=O)(=O)c3ccc(-c4ccccc4)cc3)nc3ccc(Br)cc3c2=O)cc1. The van der Waals surface area contributed by atoms with Crippen molar-refractivity contribution in [1.29, 1.82) is 0 Å². The van der Waals surface area contributed by atoms with E-state index >= 15 is 0 Å². The second-order valence-electron chi connectivity index (χ2n) is 9.20. The molecule has 0 bridgehead atoms. The van der Waals surface area contributed by atoms with E-state index in [-0.39, 0.29) is 10.5 Å². The average molecular weight is 589 g/mol. The van der Waals surface area contributed by atoms with Gasteiger partial charge in [0, 0.05) is 11.5 Å². The average Bonchev–Trinajstić information content (AvgIpc) is 2.93. The quantitative estimate of drug-likeness (QED) is 0.227. The van der Waals surface area contributed by atoms with Crippen LogP contribution in [0.1, 0.15) is 24.4 Å². The number of benzene rings is 4. The zero-order valence-electron chi connectivity index (χ0n) is 21.2. The molecule has 5 aromatic rings. The molecular weight excluding hydrogens is 562 g/mol. The standard InChI is InChI=1S/C30H26BrN3O3S/c1-20-9-14-25(15-10-20)34-29(32-28-18-13-24(31)19-27(28)30(34)35)21(2)33(3)38(36,37)26-16-11-23(12-17-26)22-7-5-4-6-8-22/h4-19,21H,1-3H3. The highest BCUT2D eigenvalue weighted by atomic mass is 79.9. The van der Waals surface area contributed by atoms with Crippen LogP contribution in [0.2, 0.25) is 0 Å². The van der Waals surface area contributed by atoms with Crippen LogP contribution in [0.15, 0.2) is 111 Å². The third-order valence-electron chi connectivity index (χ3n) is 6.71. The molecule has 6 nitrogen and oxygen atoms in total. The minimum atomic E-state index is -3.89. The summed E-state index contributed by atoms with van der Waals surface area (Å²) >= 11 is 3.44. The number of aromatic nitrogens is 2. The zero-order chi connectivity index (χ0) is 27.0. The summed E-state index contributed by atoms with van der Waals surface area (Å²) in [6.45, 7) is 3.71. The maximum absolute atomic E-state index is 13.7. The lowest BCUT2D eigenvalue weighted by atomic mass is 10.1. The molecule has 1 aromatic heterocycles. The normalized spacial score (nSPS) is 12.7. The van der Waals surface area contributed by atoms with Gasteiger partial charge in [0.15, 0.2) is 0 Å². The molecule has 0 spiro atoms. The van der Waals surface area contributed by atoms with Crippen molar-refractivity contribution < 1.29 is 8.42 Å². The third-order valence-corrected chi connectivity index (χ3v) is 9.14. The van der Waals surface area contributed by atoms with Crippen LogP contribution in [0.4, 0.5) is 0 Å². The summed E-state index contributed by atoms with van der Waals surface area (Å²) in [5.41, 5.74) is 3.84. The molecule has 0 amide bonds. The van der Waals surface area contributed by atoms with E-state index in [9.17, 15) is 13.2 Å². The lowest BCUT2D eigenvalue weighted by molar-refractivity contribution is 0.379. The predicted molar refractivity (Wildman–Crippen MR) is 155 cm³/mol. The van der Waals surface area contributed by atoms with E-state index in [0.29, 0.717) is 22.4 Å². The topological polar surface area (TPSA) is 72.3 Å². The number of halogens is 1. The number of aryl methyl sites for hydroxylation is 1. The molecule has 1 unspecified atom stereocenters. The Morgan fingerprint density at radius 3 is 2.16 bits per heavy atom. The lowest BCUT2D eigenvalue weighted by Gasteiger charge is -2.26. The number of nitrogens with zero attached hydrogens (tertiary/aromatic N) is 3. The van der Waals surface area contributed by atoms with Crippen molar-refractivity contribution in [1.82, 2.24) is 13.9 Å². The molecule has 0 saturated heterocycles. The van der Waals surface area contributed by atoms with Crippen LogP contribution in [0.3, 0.4) is 0 Å². The Morgan fingerprint density at radius 2 is 1.50 bits per heavy atom. The smallest absolute Gasteiger partial charge is 0.266 e. The molecule has 0 radical (unpaired) electrons. The van der Waals surface area contributed by atoms with Crippen LogP contribution in [0.25, 0.3) is 27.7 Å². The van der Waals surface area contributed by atoms with E-state index in [2.05, 4.69) is 15.9 Å². The fourth-order valence-electron chi connectivity index (χ4n) is 4.39. The van der Waals surface area contributed by atoms with Gasteiger partial charge < -0.3 is 0 Å². The summed E-state index contributed by atoms with van der Waals surface area (Å²) in [5, 5.41) is 0.443. The molecule has 0 aliphatic heterocycles. The van der Waals surface area contributed by atoms with Gasteiger partial charge in [-0.15, -0.1) is 0 Å². The number of hydrogen-bond donors (Lipinski definition) is 0. The van der Waals surface area contributed by atoms with Crippen LogP contribution < -0.4 is 5.56 Å². The van der Waals surface area contributed by atoms with Crippen molar-refractivity contribution in [3.05, 3.63) is 123 Å². The van der Waals surface area contributed by atoms with Crippen molar-refractivity contribution in [3.8, 4) is 16.8 Å². The molecule has 0 aliphatic carbocycles. The van der Waals surface area contributed by atoms with Gasteiger partial charge in [0.2, 0.25) is 10.0 Å². The minimum Gasteiger partial charge on any atom is -0.268 e. The summed E-state index contributed by atoms with van der Waals surface area (Å²) in [4.78, 5) is 18.7. The van der Waals surface area contributed by atoms with E-state index in [1.807, 2.05) is 67.6 Å². The Hall–Kier alpha value is -3.59. The third kappa shape index (κ3) is 4.82. The van der Waals surface area contributed by atoms with Crippen LogP contribution in [0.5, 0.6) is 0 Å². The molecule has 0 N–H and O–H groups in total. The molecule has 5 rings (SSSR count). The first-order chi connectivity index (χ1) is 18.2. The first-order valence-electron chi connectivity index (χ1n) is 12.1. The van der Waals surface area contributed by atoms with E-state index in [1.54, 1.807) is 43.3 Å². The van der Waals surface area contributed by atoms with Gasteiger partial charge in [-0.2, -0.15) is 4.31 Å². The zero-order valence-corrected chi connectivity index (χ0v) is 23.6. The van der Waals surface area contributed by atoms with Gasteiger partial charge in [-0.25, -0.2) is 13.4 Å². The maximum Gasteiger partial charge on any atom is 0.266 e. The van der Waals surface area contributed by atoms with Crippen molar-refractivity contribution in [2.24, 2.45) is 0 Å².